The van der Waals surface area contributed by atoms with Gasteiger partial charge in [-0.15, -0.1) is 0 Å². The van der Waals surface area contributed by atoms with E-state index in [1.807, 2.05) is 31.2 Å². The molecule has 0 heterocycles. The summed E-state index contributed by atoms with van der Waals surface area (Å²) >= 11 is 0. The fourth-order valence-electron chi connectivity index (χ4n) is 3.48. The third kappa shape index (κ3) is 7.10. The predicted molar refractivity (Wildman–Crippen MR) is 125 cm³/mol. The lowest BCUT2D eigenvalue weighted by Gasteiger charge is -2.16. The van der Waals surface area contributed by atoms with E-state index in [2.05, 4.69) is 10.6 Å². The van der Waals surface area contributed by atoms with E-state index in [0.717, 1.165) is 40.9 Å². The van der Waals surface area contributed by atoms with E-state index in [-0.39, 0.29) is 24.9 Å². The lowest BCUT2D eigenvalue weighted by molar-refractivity contribution is -0.138. The van der Waals surface area contributed by atoms with E-state index < -0.39 is 17.7 Å². The Morgan fingerprint density at radius 3 is 1.97 bits per heavy atom. The smallest absolute Gasteiger partial charge is 0.416 e. The average molecular weight is 470 g/mol. The van der Waals surface area contributed by atoms with Crippen LogP contribution in [0.4, 0.5) is 18.9 Å². The molecule has 0 aliphatic heterocycles. The monoisotopic (exact) mass is 470 g/mol. The number of nitrogens with one attached hydrogen (secondary N) is 2. The SMILES string of the molecule is CC(Cc1ccc(-c2ccc(C(F)(F)F)cc2)cc1)Nc1ccc(C(=O)NCCC(=O)O)cc1. The van der Waals surface area contributed by atoms with Crippen molar-refractivity contribution in [3.8, 4) is 11.1 Å². The summed E-state index contributed by atoms with van der Waals surface area (Å²) in [4.78, 5) is 22.5. The number of aliphatic carboxylic acids is 1. The van der Waals surface area contributed by atoms with Crippen molar-refractivity contribution >= 4 is 17.6 Å². The molecular weight excluding hydrogens is 445 g/mol. The van der Waals surface area contributed by atoms with Crippen LogP contribution in [0.25, 0.3) is 11.1 Å². The number of carbonyl (C=O) groups is 2. The minimum atomic E-state index is -4.35. The maximum atomic E-state index is 12.7. The zero-order valence-electron chi connectivity index (χ0n) is 18.5. The summed E-state index contributed by atoms with van der Waals surface area (Å²) in [5, 5.41) is 14.6. The highest BCUT2D eigenvalue weighted by atomic mass is 19.4. The number of alkyl halides is 3. The van der Waals surface area contributed by atoms with Gasteiger partial charge in [-0.1, -0.05) is 36.4 Å². The van der Waals surface area contributed by atoms with E-state index in [0.29, 0.717) is 5.56 Å². The first-order valence-electron chi connectivity index (χ1n) is 10.7. The summed E-state index contributed by atoms with van der Waals surface area (Å²) in [6, 6.07) is 19.8. The molecule has 178 valence electrons. The van der Waals surface area contributed by atoms with Crippen molar-refractivity contribution in [2.45, 2.75) is 32.0 Å². The number of amides is 1. The minimum Gasteiger partial charge on any atom is -0.481 e. The van der Waals surface area contributed by atoms with Crippen LogP contribution in [0.3, 0.4) is 0 Å². The number of carbonyl (C=O) groups excluding carboxylic acids is 1. The van der Waals surface area contributed by atoms with Gasteiger partial charge in [0.2, 0.25) is 0 Å². The van der Waals surface area contributed by atoms with Crippen LogP contribution in [0.2, 0.25) is 0 Å². The molecule has 1 atom stereocenters. The molecule has 3 N–H and O–H groups in total. The predicted octanol–water partition coefficient (Wildman–Crippen LogP) is 5.62. The molecule has 1 amide bonds. The number of hydrogen-bond donors (Lipinski definition) is 3. The van der Waals surface area contributed by atoms with E-state index in [9.17, 15) is 22.8 Å². The number of benzene rings is 3. The van der Waals surface area contributed by atoms with Gasteiger partial charge < -0.3 is 15.7 Å². The van der Waals surface area contributed by atoms with Gasteiger partial charge in [0.25, 0.3) is 5.91 Å². The number of rotatable bonds is 9. The third-order valence-electron chi connectivity index (χ3n) is 5.23. The lowest BCUT2D eigenvalue weighted by atomic mass is 10.00. The highest BCUT2D eigenvalue weighted by Gasteiger charge is 2.29. The molecule has 3 rings (SSSR count). The molecule has 0 aliphatic carbocycles. The van der Waals surface area contributed by atoms with Gasteiger partial charge in [0.05, 0.1) is 12.0 Å². The van der Waals surface area contributed by atoms with Crippen molar-refractivity contribution in [3.63, 3.8) is 0 Å². The van der Waals surface area contributed by atoms with E-state index >= 15 is 0 Å². The molecule has 1 unspecified atom stereocenters. The van der Waals surface area contributed by atoms with Crippen LogP contribution >= 0.6 is 0 Å². The molecule has 0 aromatic heterocycles. The second kappa shape index (κ2) is 10.9. The maximum Gasteiger partial charge on any atom is 0.416 e. The molecule has 0 aliphatic rings. The zero-order valence-corrected chi connectivity index (χ0v) is 18.5. The summed E-state index contributed by atoms with van der Waals surface area (Å²) in [5.74, 6) is -1.29. The van der Waals surface area contributed by atoms with E-state index in [4.69, 9.17) is 5.11 Å². The average Bonchev–Trinajstić information content (AvgIpc) is 2.79. The fourth-order valence-corrected chi connectivity index (χ4v) is 3.48. The van der Waals surface area contributed by atoms with Crippen LogP contribution in [0.5, 0.6) is 0 Å². The van der Waals surface area contributed by atoms with Gasteiger partial charge in [0.1, 0.15) is 0 Å². The number of anilines is 1. The molecular formula is C26H25F3N2O3. The summed E-state index contributed by atoms with van der Waals surface area (Å²) in [5.41, 5.74) is 3.26. The van der Waals surface area contributed by atoms with Gasteiger partial charge >= 0.3 is 12.1 Å². The van der Waals surface area contributed by atoms with Gasteiger partial charge in [0.15, 0.2) is 0 Å². The molecule has 3 aromatic carbocycles. The third-order valence-corrected chi connectivity index (χ3v) is 5.23. The molecule has 0 spiro atoms. The van der Waals surface area contributed by atoms with Crippen LogP contribution < -0.4 is 10.6 Å². The standard InChI is InChI=1S/C26H25F3N2O3/c1-17(31-23-12-8-21(9-13-23)25(34)30-15-14-24(32)33)16-18-2-4-19(5-3-18)20-6-10-22(11-7-20)26(27,28)29/h2-13,17,31H,14-16H2,1H3,(H,30,34)(H,32,33). The quantitative estimate of drug-likeness (QED) is 0.379. The number of hydrogen-bond acceptors (Lipinski definition) is 3. The van der Waals surface area contributed by atoms with Crippen molar-refractivity contribution in [1.82, 2.24) is 5.32 Å². The molecule has 0 saturated heterocycles. The van der Waals surface area contributed by atoms with Crippen molar-refractivity contribution in [1.29, 1.82) is 0 Å². The Balaban J connectivity index is 1.53. The van der Waals surface area contributed by atoms with Crippen LogP contribution in [-0.4, -0.2) is 29.6 Å². The highest BCUT2D eigenvalue weighted by Crippen LogP contribution is 2.31. The molecule has 5 nitrogen and oxygen atoms in total. The van der Waals surface area contributed by atoms with Gasteiger partial charge in [-0.3, -0.25) is 9.59 Å². The van der Waals surface area contributed by atoms with Crippen molar-refractivity contribution < 1.29 is 27.9 Å². The minimum absolute atomic E-state index is 0.0723. The molecule has 0 bridgehead atoms. The number of carboxylic acid groups (broad SMARTS) is 1. The Kier molecular flexibility index (Phi) is 7.94. The first kappa shape index (κ1) is 24.8. The van der Waals surface area contributed by atoms with E-state index in [1.165, 1.54) is 12.1 Å². The molecule has 34 heavy (non-hydrogen) atoms. The zero-order chi connectivity index (χ0) is 24.7. The Morgan fingerprint density at radius 2 is 1.44 bits per heavy atom. The summed E-state index contributed by atoms with van der Waals surface area (Å²) < 4.78 is 38.2. The van der Waals surface area contributed by atoms with Gasteiger partial charge in [-0.05, 0) is 66.4 Å². The fraction of sp³-hybridized carbons (Fsp3) is 0.231. The topological polar surface area (TPSA) is 78.4 Å². The van der Waals surface area contributed by atoms with Gasteiger partial charge in [-0.25, -0.2) is 0 Å². The largest absolute Gasteiger partial charge is 0.481 e. The maximum absolute atomic E-state index is 12.7. The van der Waals surface area contributed by atoms with Crippen molar-refractivity contribution in [2.24, 2.45) is 0 Å². The van der Waals surface area contributed by atoms with Crippen molar-refractivity contribution in [2.75, 3.05) is 11.9 Å². The number of halogens is 3. The van der Waals surface area contributed by atoms with Crippen LogP contribution in [-0.2, 0) is 17.4 Å². The lowest BCUT2D eigenvalue weighted by Crippen LogP contribution is -2.26. The van der Waals surface area contributed by atoms with Crippen LogP contribution in [0.1, 0.15) is 34.8 Å². The van der Waals surface area contributed by atoms with Crippen LogP contribution in [0, 0.1) is 0 Å². The van der Waals surface area contributed by atoms with E-state index in [1.54, 1.807) is 24.3 Å². The molecule has 0 saturated carbocycles. The molecule has 0 fully saturated rings. The first-order valence-corrected chi connectivity index (χ1v) is 10.7. The number of carboxylic acids is 1. The Hall–Kier alpha value is -3.81. The van der Waals surface area contributed by atoms with Gasteiger partial charge in [-0.2, -0.15) is 13.2 Å². The molecule has 8 heteroatoms. The molecule has 0 radical (unpaired) electrons. The summed E-state index contributed by atoms with van der Waals surface area (Å²) in [7, 11) is 0. The Morgan fingerprint density at radius 1 is 0.882 bits per heavy atom. The Labute approximate surface area is 195 Å². The summed E-state index contributed by atoms with van der Waals surface area (Å²) in [6.45, 7) is 2.10. The first-order chi connectivity index (χ1) is 16.1. The Bertz CT molecular complexity index is 1110. The summed E-state index contributed by atoms with van der Waals surface area (Å²) in [6.07, 6.45) is -3.75. The van der Waals surface area contributed by atoms with Crippen LogP contribution in [0.15, 0.2) is 72.8 Å². The second-order valence-electron chi connectivity index (χ2n) is 8.00. The van der Waals surface area contributed by atoms with Crippen molar-refractivity contribution in [3.05, 3.63) is 89.5 Å². The van der Waals surface area contributed by atoms with Gasteiger partial charge in [0, 0.05) is 23.8 Å². The highest BCUT2D eigenvalue weighted by molar-refractivity contribution is 5.94. The molecule has 3 aromatic rings. The normalized spacial score (nSPS) is 12.1. The second-order valence-corrected chi connectivity index (χ2v) is 8.00.